The minimum Gasteiger partial charge on any atom is -0.454 e. The van der Waals surface area contributed by atoms with Crippen molar-refractivity contribution in [1.82, 2.24) is 19.8 Å². The van der Waals surface area contributed by atoms with Crippen LogP contribution >= 0.6 is 11.3 Å². The number of ether oxygens (including phenoxy) is 2. The number of aryl methyl sites for hydroxylation is 1. The van der Waals surface area contributed by atoms with Gasteiger partial charge in [-0.25, -0.2) is 4.98 Å². The molecular weight excluding hydrogens is 424 g/mol. The maximum Gasteiger partial charge on any atom is 0.234 e. The molecule has 7 nitrogen and oxygen atoms in total. The molecule has 1 amide bonds. The Morgan fingerprint density at radius 2 is 2.03 bits per heavy atom. The van der Waals surface area contributed by atoms with Crippen LogP contribution in [0.1, 0.15) is 35.8 Å². The number of nitrogens with one attached hydrogen (secondary N) is 1. The third-order valence-corrected chi connectivity index (χ3v) is 6.28. The van der Waals surface area contributed by atoms with E-state index in [-0.39, 0.29) is 18.7 Å². The monoisotopic (exact) mass is 454 g/mol. The number of likely N-dealkylation sites (N-methyl/N-ethyl adjacent to an activating group) is 1. The van der Waals surface area contributed by atoms with E-state index >= 15 is 0 Å². The van der Waals surface area contributed by atoms with Gasteiger partial charge in [-0.3, -0.25) is 9.69 Å². The maximum absolute atomic E-state index is 12.0. The highest BCUT2D eigenvalue weighted by atomic mass is 32.1. The normalized spacial score (nSPS) is 12.7. The topological polar surface area (TPSA) is 68.6 Å². The summed E-state index contributed by atoms with van der Waals surface area (Å²) in [6.45, 7) is 10.2. The van der Waals surface area contributed by atoms with Gasteiger partial charge in [-0.05, 0) is 58.5 Å². The molecule has 0 saturated carbocycles. The van der Waals surface area contributed by atoms with Gasteiger partial charge in [0.1, 0.15) is 5.01 Å². The molecule has 0 aliphatic carbocycles. The number of nitrogens with zero attached hydrogens (tertiary/aromatic N) is 3. The van der Waals surface area contributed by atoms with Crippen molar-refractivity contribution in [1.29, 1.82) is 0 Å². The minimum atomic E-state index is 0.0337. The SMILES string of the molecule is Cc1cc(-c2csc(CN(C)CC(=O)NC(C)C)n2)c(C)n1Cc1ccc2c(c1)OCO2. The molecule has 0 spiro atoms. The fourth-order valence-corrected chi connectivity index (χ4v) is 4.81. The van der Waals surface area contributed by atoms with Crippen LogP contribution in [-0.2, 0) is 17.9 Å². The summed E-state index contributed by atoms with van der Waals surface area (Å²) < 4.78 is 13.2. The minimum absolute atomic E-state index is 0.0337. The molecule has 0 unspecified atom stereocenters. The number of benzene rings is 1. The molecular formula is C24H30N4O3S. The summed E-state index contributed by atoms with van der Waals surface area (Å²) in [6, 6.07) is 8.44. The van der Waals surface area contributed by atoms with Crippen LogP contribution in [-0.4, -0.2) is 46.8 Å². The summed E-state index contributed by atoms with van der Waals surface area (Å²) in [5.74, 6) is 1.64. The fraction of sp³-hybridized carbons (Fsp3) is 0.417. The Balaban J connectivity index is 1.46. The van der Waals surface area contributed by atoms with Crippen LogP contribution < -0.4 is 14.8 Å². The molecule has 1 aliphatic heterocycles. The van der Waals surface area contributed by atoms with Crippen LogP contribution in [0, 0.1) is 13.8 Å². The molecule has 0 radical (unpaired) electrons. The van der Waals surface area contributed by atoms with Gasteiger partial charge in [0, 0.05) is 34.9 Å². The highest BCUT2D eigenvalue weighted by Gasteiger charge is 2.17. The molecule has 0 atom stereocenters. The molecule has 32 heavy (non-hydrogen) atoms. The molecule has 1 N–H and O–H groups in total. The zero-order valence-corrected chi connectivity index (χ0v) is 20.1. The first-order valence-electron chi connectivity index (χ1n) is 10.8. The highest BCUT2D eigenvalue weighted by molar-refractivity contribution is 7.09. The summed E-state index contributed by atoms with van der Waals surface area (Å²) in [5, 5.41) is 6.03. The second kappa shape index (κ2) is 9.34. The molecule has 1 aliphatic rings. The van der Waals surface area contributed by atoms with Crippen LogP contribution in [0.15, 0.2) is 29.6 Å². The molecule has 0 bridgehead atoms. The van der Waals surface area contributed by atoms with Gasteiger partial charge in [0.05, 0.1) is 18.8 Å². The summed E-state index contributed by atoms with van der Waals surface area (Å²) in [7, 11) is 1.94. The van der Waals surface area contributed by atoms with Crippen LogP contribution in [0.3, 0.4) is 0 Å². The van der Waals surface area contributed by atoms with Crippen molar-refractivity contribution in [2.45, 2.75) is 46.8 Å². The average molecular weight is 455 g/mol. The lowest BCUT2D eigenvalue weighted by molar-refractivity contribution is -0.122. The molecule has 8 heteroatoms. The van der Waals surface area contributed by atoms with E-state index < -0.39 is 0 Å². The van der Waals surface area contributed by atoms with Gasteiger partial charge < -0.3 is 19.4 Å². The van der Waals surface area contributed by atoms with Gasteiger partial charge in [-0.2, -0.15) is 0 Å². The molecule has 0 fully saturated rings. The third kappa shape index (κ3) is 4.97. The Morgan fingerprint density at radius 1 is 1.25 bits per heavy atom. The number of rotatable bonds is 8. The summed E-state index contributed by atoms with van der Waals surface area (Å²) in [4.78, 5) is 18.8. The Labute approximate surface area is 193 Å². The first-order chi connectivity index (χ1) is 15.3. The Kier molecular flexibility index (Phi) is 6.53. The number of carbonyl (C=O) groups excluding carboxylic acids is 1. The molecule has 1 aromatic carbocycles. The smallest absolute Gasteiger partial charge is 0.234 e. The Morgan fingerprint density at radius 3 is 2.81 bits per heavy atom. The van der Waals surface area contributed by atoms with Crippen LogP contribution in [0.4, 0.5) is 0 Å². The van der Waals surface area contributed by atoms with Crippen molar-refractivity contribution in [2.75, 3.05) is 20.4 Å². The van der Waals surface area contributed by atoms with E-state index in [4.69, 9.17) is 14.5 Å². The number of thiazole rings is 1. The van der Waals surface area contributed by atoms with Gasteiger partial charge in [0.25, 0.3) is 0 Å². The molecule has 3 heterocycles. The van der Waals surface area contributed by atoms with Gasteiger partial charge in [-0.1, -0.05) is 6.07 Å². The van der Waals surface area contributed by atoms with E-state index in [1.54, 1.807) is 11.3 Å². The van der Waals surface area contributed by atoms with Gasteiger partial charge in [-0.15, -0.1) is 11.3 Å². The fourth-order valence-electron chi connectivity index (χ4n) is 3.93. The molecule has 3 aromatic rings. The lowest BCUT2D eigenvalue weighted by atomic mass is 10.2. The molecule has 170 valence electrons. The quantitative estimate of drug-likeness (QED) is 0.558. The predicted octanol–water partition coefficient (Wildman–Crippen LogP) is 3.96. The number of hydrogen-bond acceptors (Lipinski definition) is 6. The highest BCUT2D eigenvalue weighted by Crippen LogP contribution is 2.34. The van der Waals surface area contributed by atoms with Crippen molar-refractivity contribution < 1.29 is 14.3 Å². The van der Waals surface area contributed by atoms with Crippen LogP contribution in [0.2, 0.25) is 0 Å². The lowest BCUT2D eigenvalue weighted by Crippen LogP contribution is -2.38. The van der Waals surface area contributed by atoms with Crippen molar-refractivity contribution in [3.05, 3.63) is 51.6 Å². The van der Waals surface area contributed by atoms with Gasteiger partial charge >= 0.3 is 0 Å². The lowest BCUT2D eigenvalue weighted by Gasteiger charge is -2.16. The van der Waals surface area contributed by atoms with Gasteiger partial charge in [0.15, 0.2) is 11.5 Å². The van der Waals surface area contributed by atoms with E-state index in [1.807, 2.05) is 37.9 Å². The second-order valence-corrected chi connectivity index (χ2v) is 9.52. The van der Waals surface area contributed by atoms with E-state index in [0.29, 0.717) is 13.1 Å². The van der Waals surface area contributed by atoms with E-state index in [9.17, 15) is 4.79 Å². The first-order valence-corrected chi connectivity index (χ1v) is 11.7. The summed E-state index contributed by atoms with van der Waals surface area (Å²) in [6.07, 6.45) is 0. The number of hydrogen-bond donors (Lipinski definition) is 1. The standard InChI is InChI=1S/C24H30N4O3S/c1-15(2)25-23(29)11-27(5)12-24-26-20(13-32-24)19-8-16(3)28(17(19)4)10-18-6-7-21-22(9-18)31-14-30-21/h6-9,13,15H,10-12,14H2,1-5H3,(H,25,29). The Hall–Kier alpha value is -2.84. The van der Waals surface area contributed by atoms with Crippen LogP contribution in [0.5, 0.6) is 11.5 Å². The number of aromatic nitrogens is 2. The van der Waals surface area contributed by atoms with Crippen molar-refractivity contribution in [3.8, 4) is 22.8 Å². The zero-order valence-electron chi connectivity index (χ0n) is 19.3. The zero-order chi connectivity index (χ0) is 22.8. The van der Waals surface area contributed by atoms with E-state index in [2.05, 4.69) is 41.2 Å². The van der Waals surface area contributed by atoms with E-state index in [1.165, 1.54) is 17.0 Å². The number of carbonyl (C=O) groups is 1. The van der Waals surface area contributed by atoms with Crippen LogP contribution in [0.25, 0.3) is 11.3 Å². The second-order valence-electron chi connectivity index (χ2n) is 8.58. The summed E-state index contributed by atoms with van der Waals surface area (Å²) in [5.41, 5.74) is 5.66. The number of amides is 1. The maximum atomic E-state index is 12.0. The molecule has 2 aromatic heterocycles. The Bertz CT molecular complexity index is 1120. The third-order valence-electron chi connectivity index (χ3n) is 5.45. The van der Waals surface area contributed by atoms with Crippen molar-refractivity contribution in [2.24, 2.45) is 0 Å². The van der Waals surface area contributed by atoms with Crippen molar-refractivity contribution >= 4 is 17.2 Å². The first kappa shape index (κ1) is 22.4. The van der Waals surface area contributed by atoms with E-state index in [0.717, 1.165) is 34.3 Å². The number of fused-ring (bicyclic) bond motifs is 1. The predicted molar refractivity (Wildman–Crippen MR) is 126 cm³/mol. The van der Waals surface area contributed by atoms with Gasteiger partial charge in [0.2, 0.25) is 12.7 Å². The molecule has 4 rings (SSSR count). The largest absolute Gasteiger partial charge is 0.454 e. The van der Waals surface area contributed by atoms with Crippen molar-refractivity contribution in [3.63, 3.8) is 0 Å². The average Bonchev–Trinajstić information content (AvgIpc) is 3.42. The molecule has 0 saturated heterocycles. The summed E-state index contributed by atoms with van der Waals surface area (Å²) >= 11 is 1.63.